The lowest BCUT2D eigenvalue weighted by Crippen LogP contribution is -2.03. The van der Waals surface area contributed by atoms with E-state index in [1.165, 1.54) is 12.1 Å². The molecule has 0 aliphatic carbocycles. The van der Waals surface area contributed by atoms with Crippen molar-refractivity contribution in [2.75, 3.05) is 0 Å². The molecule has 0 saturated carbocycles. The highest BCUT2D eigenvalue weighted by molar-refractivity contribution is 6.43. The fraction of sp³-hybridized carbons (Fsp3) is 0. The summed E-state index contributed by atoms with van der Waals surface area (Å²) in [6.45, 7) is 0. The maximum absolute atomic E-state index is 9.50. The molecule has 2 aromatic carbocycles. The van der Waals surface area contributed by atoms with Crippen molar-refractivity contribution in [2.24, 2.45) is 0 Å². The van der Waals surface area contributed by atoms with E-state index >= 15 is 0 Å². The Labute approximate surface area is 99.5 Å². The van der Waals surface area contributed by atoms with Gasteiger partial charge >= 0.3 is 0 Å². The molecule has 0 aliphatic rings. The van der Waals surface area contributed by atoms with Crippen molar-refractivity contribution < 1.29 is 14.6 Å². The maximum Gasteiger partial charge on any atom is 0.131 e. The summed E-state index contributed by atoms with van der Waals surface area (Å²) in [4.78, 5) is 0. The number of aromatic hydroxyl groups is 2. The van der Waals surface area contributed by atoms with Crippen molar-refractivity contribution in [1.29, 1.82) is 0 Å². The minimum Gasteiger partial charge on any atom is -0.508 e. The van der Waals surface area contributed by atoms with Crippen LogP contribution in [0.1, 0.15) is 0 Å². The second kappa shape index (κ2) is 3.23. The van der Waals surface area contributed by atoms with Crippen molar-refractivity contribution in [2.45, 2.75) is 0 Å². The molecule has 0 fully saturated rings. The van der Waals surface area contributed by atoms with Crippen molar-refractivity contribution in [3.63, 3.8) is 0 Å². The summed E-state index contributed by atoms with van der Waals surface area (Å²) in [7, 11) is 11.4. The molecule has 0 spiro atoms. The molecule has 3 aromatic rings. The van der Waals surface area contributed by atoms with Gasteiger partial charge in [-0.2, -0.15) is 0 Å². The number of benzene rings is 2. The van der Waals surface area contributed by atoms with Gasteiger partial charge < -0.3 is 14.6 Å². The summed E-state index contributed by atoms with van der Waals surface area (Å²) in [6.07, 6.45) is 0. The third-order valence-corrected chi connectivity index (χ3v) is 2.84. The lowest BCUT2D eigenvalue weighted by atomic mass is 9.91. The van der Waals surface area contributed by atoms with Crippen LogP contribution in [-0.2, 0) is 0 Å². The first kappa shape index (κ1) is 10.1. The first-order valence-electron chi connectivity index (χ1n) is 5.00. The molecule has 0 saturated heterocycles. The largest absolute Gasteiger partial charge is 0.508 e. The molecule has 0 unspecified atom stereocenters. The summed E-state index contributed by atoms with van der Waals surface area (Å²) in [5.74, 6) is -0.0845. The predicted octanol–water partition coefficient (Wildman–Crippen LogP) is 0.585. The Bertz CT molecular complexity index is 684. The number of fused-ring (bicyclic) bond motifs is 3. The zero-order valence-corrected chi connectivity index (χ0v) is 8.77. The predicted molar refractivity (Wildman–Crippen MR) is 67.8 cm³/mol. The molecular weight excluding hydrogens is 214 g/mol. The van der Waals surface area contributed by atoms with Crippen LogP contribution in [0.3, 0.4) is 0 Å². The fourth-order valence-electron chi connectivity index (χ4n) is 1.92. The Kier molecular flexibility index (Phi) is 1.93. The molecule has 0 aliphatic heterocycles. The molecule has 5 heteroatoms. The van der Waals surface area contributed by atoms with Gasteiger partial charge in [-0.1, -0.05) is 0 Å². The number of phenols is 2. The average molecular weight is 220 g/mol. The normalized spacial score (nSPS) is 11.3. The highest BCUT2D eigenvalue weighted by Crippen LogP contribution is 2.29. The van der Waals surface area contributed by atoms with E-state index in [4.69, 9.17) is 20.1 Å². The lowest BCUT2D eigenvalue weighted by molar-refractivity contribution is 0.479. The Balaban J connectivity index is 2.58. The van der Waals surface area contributed by atoms with Gasteiger partial charge in [0, 0.05) is 10.8 Å². The number of furan rings is 1. The Morgan fingerprint density at radius 2 is 1.18 bits per heavy atom. The standard InChI is InChI=1S/C12H6B2O3/c13-9-7(15)3-1-5-6-2-4-8(16)10(14)12(6)17-11(5)9/h1-4,15-16H. The summed E-state index contributed by atoms with van der Waals surface area (Å²) in [5, 5.41) is 20.5. The summed E-state index contributed by atoms with van der Waals surface area (Å²) < 4.78 is 5.51. The molecule has 3 nitrogen and oxygen atoms in total. The second-order valence-electron chi connectivity index (χ2n) is 3.85. The van der Waals surface area contributed by atoms with Gasteiger partial charge in [-0.15, -0.1) is 0 Å². The average Bonchev–Trinajstić information content (AvgIpc) is 2.69. The summed E-state index contributed by atoms with van der Waals surface area (Å²) in [6, 6.07) is 6.39. The van der Waals surface area contributed by atoms with Crippen LogP contribution in [0.25, 0.3) is 21.9 Å². The van der Waals surface area contributed by atoms with E-state index in [-0.39, 0.29) is 22.4 Å². The topological polar surface area (TPSA) is 53.6 Å². The molecule has 0 bridgehead atoms. The molecule has 78 valence electrons. The zero-order chi connectivity index (χ0) is 12.2. The van der Waals surface area contributed by atoms with Gasteiger partial charge in [-0.25, -0.2) is 0 Å². The number of hydrogen-bond acceptors (Lipinski definition) is 3. The van der Waals surface area contributed by atoms with Crippen molar-refractivity contribution in [1.82, 2.24) is 0 Å². The maximum atomic E-state index is 9.50. The van der Waals surface area contributed by atoms with E-state index < -0.39 is 0 Å². The Morgan fingerprint density at radius 3 is 1.59 bits per heavy atom. The van der Waals surface area contributed by atoms with Crippen LogP contribution >= 0.6 is 0 Å². The van der Waals surface area contributed by atoms with Gasteiger partial charge in [0.15, 0.2) is 0 Å². The minimum atomic E-state index is -0.0423. The van der Waals surface area contributed by atoms with Gasteiger partial charge in [0.1, 0.15) is 38.4 Å². The van der Waals surface area contributed by atoms with Crippen LogP contribution in [0.4, 0.5) is 0 Å². The van der Waals surface area contributed by atoms with E-state index in [1.807, 2.05) is 0 Å². The van der Waals surface area contributed by atoms with E-state index in [2.05, 4.69) is 0 Å². The third kappa shape index (κ3) is 1.25. The molecule has 3 rings (SSSR count). The SMILES string of the molecule is [B]c1c(O)ccc2c1oc1c([B])c(O)ccc12. The molecule has 1 heterocycles. The number of phenolic OH excluding ortho intramolecular Hbond substituents is 2. The first-order chi connectivity index (χ1) is 8.09. The first-order valence-corrected chi connectivity index (χ1v) is 5.00. The monoisotopic (exact) mass is 220 g/mol. The van der Waals surface area contributed by atoms with E-state index in [9.17, 15) is 10.2 Å². The van der Waals surface area contributed by atoms with E-state index in [1.54, 1.807) is 12.1 Å². The molecule has 2 N–H and O–H groups in total. The Hall–Kier alpha value is -2.03. The van der Waals surface area contributed by atoms with Crippen LogP contribution in [0.2, 0.25) is 0 Å². The summed E-state index contributed by atoms with van der Waals surface area (Å²) >= 11 is 0. The quantitative estimate of drug-likeness (QED) is 0.544. The number of hydrogen-bond donors (Lipinski definition) is 2. The molecule has 17 heavy (non-hydrogen) atoms. The lowest BCUT2D eigenvalue weighted by Gasteiger charge is -1.98. The fourth-order valence-corrected chi connectivity index (χ4v) is 1.92. The smallest absolute Gasteiger partial charge is 0.131 e. The van der Waals surface area contributed by atoms with Crippen LogP contribution in [-0.4, -0.2) is 25.9 Å². The van der Waals surface area contributed by atoms with Gasteiger partial charge in [0.25, 0.3) is 0 Å². The van der Waals surface area contributed by atoms with Crippen LogP contribution in [0, 0.1) is 0 Å². The van der Waals surface area contributed by atoms with Crippen LogP contribution in [0.15, 0.2) is 28.7 Å². The van der Waals surface area contributed by atoms with Crippen molar-refractivity contribution >= 4 is 48.6 Å². The van der Waals surface area contributed by atoms with E-state index in [0.717, 1.165) is 10.8 Å². The zero-order valence-electron chi connectivity index (χ0n) is 8.77. The highest BCUT2D eigenvalue weighted by Gasteiger charge is 2.13. The molecule has 4 radical (unpaired) electrons. The van der Waals surface area contributed by atoms with E-state index in [0.29, 0.717) is 11.2 Å². The second-order valence-corrected chi connectivity index (χ2v) is 3.85. The number of rotatable bonds is 0. The van der Waals surface area contributed by atoms with Crippen LogP contribution < -0.4 is 10.9 Å². The molecule has 0 amide bonds. The summed E-state index contributed by atoms with van der Waals surface area (Å²) in [5.41, 5.74) is 1.07. The Morgan fingerprint density at radius 1 is 0.765 bits per heavy atom. The molecular formula is C12H6B2O3. The third-order valence-electron chi connectivity index (χ3n) is 2.84. The van der Waals surface area contributed by atoms with Gasteiger partial charge in [-0.05, 0) is 35.2 Å². The van der Waals surface area contributed by atoms with Crippen molar-refractivity contribution in [3.8, 4) is 11.5 Å². The molecule has 0 atom stereocenters. The van der Waals surface area contributed by atoms with Gasteiger partial charge in [-0.3, -0.25) is 0 Å². The highest BCUT2D eigenvalue weighted by atomic mass is 16.3. The van der Waals surface area contributed by atoms with Gasteiger partial charge in [0.05, 0.1) is 0 Å². The van der Waals surface area contributed by atoms with Crippen molar-refractivity contribution in [3.05, 3.63) is 24.3 Å². The van der Waals surface area contributed by atoms with Gasteiger partial charge in [0.2, 0.25) is 0 Å². The van der Waals surface area contributed by atoms with Crippen LogP contribution in [0.5, 0.6) is 11.5 Å². The minimum absolute atomic E-state index is 0.0423. The molecule has 1 aromatic heterocycles.